The fourth-order valence-corrected chi connectivity index (χ4v) is 3.16. The summed E-state index contributed by atoms with van der Waals surface area (Å²) in [4.78, 5) is 37.1. The van der Waals surface area contributed by atoms with E-state index in [0.29, 0.717) is 33.5 Å². The Morgan fingerprint density at radius 1 is 0.700 bits per heavy atom. The highest BCUT2D eigenvalue weighted by Gasteiger charge is 2.18. The number of rotatable bonds is 6. The summed E-state index contributed by atoms with van der Waals surface area (Å²) >= 11 is 0. The zero-order valence-corrected chi connectivity index (χ0v) is 17.2. The topological polar surface area (TPSA) is 75.3 Å². The van der Waals surface area contributed by atoms with Crippen LogP contribution < -0.4 is 10.6 Å². The second-order valence-corrected chi connectivity index (χ2v) is 7.31. The van der Waals surface area contributed by atoms with Gasteiger partial charge in [-0.15, -0.1) is 0 Å². The number of nitrogens with one attached hydrogen (secondary N) is 2. The van der Waals surface area contributed by atoms with Crippen LogP contribution in [0.2, 0.25) is 0 Å². The highest BCUT2D eigenvalue weighted by Crippen LogP contribution is 2.28. The van der Waals surface area contributed by atoms with Gasteiger partial charge in [-0.3, -0.25) is 14.4 Å². The third-order valence-electron chi connectivity index (χ3n) is 4.60. The van der Waals surface area contributed by atoms with E-state index in [1.807, 2.05) is 38.1 Å². The SMILES string of the molecule is CC(=O)c1ccc(NC(=O)c2ccccc2-c2ccccc2C(=O)NC(C)C)cc1. The zero-order valence-electron chi connectivity index (χ0n) is 17.2. The molecule has 2 amide bonds. The quantitative estimate of drug-likeness (QED) is 0.575. The van der Waals surface area contributed by atoms with Gasteiger partial charge in [-0.05, 0) is 68.3 Å². The highest BCUT2D eigenvalue weighted by molar-refractivity contribution is 6.11. The lowest BCUT2D eigenvalue weighted by Crippen LogP contribution is -2.30. The van der Waals surface area contributed by atoms with E-state index < -0.39 is 0 Å². The van der Waals surface area contributed by atoms with E-state index in [-0.39, 0.29) is 23.6 Å². The Hall–Kier alpha value is -3.73. The summed E-state index contributed by atoms with van der Waals surface area (Å²) < 4.78 is 0. The Labute approximate surface area is 176 Å². The Kier molecular flexibility index (Phi) is 6.42. The molecular weight excluding hydrogens is 376 g/mol. The summed E-state index contributed by atoms with van der Waals surface area (Å²) in [6, 6.07) is 21.2. The predicted octanol–water partition coefficient (Wildman–Crippen LogP) is 4.95. The summed E-state index contributed by atoms with van der Waals surface area (Å²) in [5.74, 6) is -0.509. The number of carbonyl (C=O) groups excluding carboxylic acids is 3. The largest absolute Gasteiger partial charge is 0.350 e. The molecule has 0 spiro atoms. The van der Waals surface area contributed by atoms with Gasteiger partial charge in [0.25, 0.3) is 11.8 Å². The van der Waals surface area contributed by atoms with Crippen LogP contribution in [0.15, 0.2) is 72.8 Å². The molecule has 0 aliphatic rings. The Balaban J connectivity index is 1.94. The third-order valence-corrected chi connectivity index (χ3v) is 4.60. The molecule has 3 rings (SSSR count). The van der Waals surface area contributed by atoms with Crippen LogP contribution in [0.5, 0.6) is 0 Å². The summed E-state index contributed by atoms with van der Waals surface area (Å²) in [7, 11) is 0. The van der Waals surface area contributed by atoms with Gasteiger partial charge in [-0.25, -0.2) is 0 Å². The van der Waals surface area contributed by atoms with Crippen molar-refractivity contribution in [3.05, 3.63) is 89.5 Å². The first-order chi connectivity index (χ1) is 14.4. The van der Waals surface area contributed by atoms with Gasteiger partial charge in [0.15, 0.2) is 5.78 Å². The smallest absolute Gasteiger partial charge is 0.256 e. The first kappa shape index (κ1) is 21.0. The predicted molar refractivity (Wildman–Crippen MR) is 119 cm³/mol. The van der Waals surface area contributed by atoms with Crippen LogP contribution in [-0.2, 0) is 0 Å². The van der Waals surface area contributed by atoms with Gasteiger partial charge in [-0.2, -0.15) is 0 Å². The number of ketones is 1. The molecule has 0 heterocycles. The van der Waals surface area contributed by atoms with Gasteiger partial charge in [0.1, 0.15) is 0 Å². The normalized spacial score (nSPS) is 10.5. The molecule has 0 aliphatic carbocycles. The molecule has 0 radical (unpaired) electrons. The molecule has 0 atom stereocenters. The first-order valence-corrected chi connectivity index (χ1v) is 9.78. The summed E-state index contributed by atoms with van der Waals surface area (Å²) in [6.07, 6.45) is 0. The highest BCUT2D eigenvalue weighted by atomic mass is 16.2. The Bertz CT molecular complexity index is 1090. The maximum atomic E-state index is 13.0. The fourth-order valence-electron chi connectivity index (χ4n) is 3.16. The van der Waals surface area contributed by atoms with Crippen molar-refractivity contribution in [2.24, 2.45) is 0 Å². The lowest BCUT2D eigenvalue weighted by atomic mass is 9.94. The van der Waals surface area contributed by atoms with E-state index in [1.54, 1.807) is 48.5 Å². The van der Waals surface area contributed by atoms with Crippen molar-refractivity contribution in [2.75, 3.05) is 5.32 Å². The van der Waals surface area contributed by atoms with Crippen LogP contribution in [0.25, 0.3) is 11.1 Å². The molecule has 0 aromatic heterocycles. The maximum Gasteiger partial charge on any atom is 0.256 e. The number of benzene rings is 3. The van der Waals surface area contributed by atoms with E-state index in [4.69, 9.17) is 0 Å². The van der Waals surface area contributed by atoms with Crippen molar-refractivity contribution in [1.29, 1.82) is 0 Å². The second-order valence-electron chi connectivity index (χ2n) is 7.31. The molecule has 0 bridgehead atoms. The van der Waals surface area contributed by atoms with Gasteiger partial charge in [0.05, 0.1) is 0 Å². The molecular formula is C25H24N2O3. The van der Waals surface area contributed by atoms with Crippen molar-refractivity contribution in [3.8, 4) is 11.1 Å². The number of hydrogen-bond donors (Lipinski definition) is 2. The van der Waals surface area contributed by atoms with E-state index in [2.05, 4.69) is 10.6 Å². The molecule has 152 valence electrons. The van der Waals surface area contributed by atoms with Gasteiger partial charge in [-0.1, -0.05) is 36.4 Å². The molecule has 0 saturated heterocycles. The minimum absolute atomic E-state index is 0.00192. The van der Waals surface area contributed by atoms with Crippen LogP contribution in [0.3, 0.4) is 0 Å². The fraction of sp³-hybridized carbons (Fsp3) is 0.160. The van der Waals surface area contributed by atoms with E-state index >= 15 is 0 Å². The van der Waals surface area contributed by atoms with Crippen molar-refractivity contribution >= 4 is 23.3 Å². The number of carbonyl (C=O) groups is 3. The average molecular weight is 400 g/mol. The van der Waals surface area contributed by atoms with Gasteiger partial charge in [0, 0.05) is 28.4 Å². The molecule has 3 aromatic carbocycles. The Morgan fingerprint density at radius 2 is 1.20 bits per heavy atom. The van der Waals surface area contributed by atoms with Gasteiger partial charge < -0.3 is 10.6 Å². The summed E-state index contributed by atoms with van der Waals surface area (Å²) in [5, 5.41) is 5.77. The lowest BCUT2D eigenvalue weighted by Gasteiger charge is -2.15. The van der Waals surface area contributed by atoms with Crippen LogP contribution in [0.4, 0.5) is 5.69 Å². The molecule has 3 aromatic rings. The van der Waals surface area contributed by atoms with E-state index in [1.165, 1.54) is 6.92 Å². The molecule has 0 aliphatic heterocycles. The van der Waals surface area contributed by atoms with Gasteiger partial charge in [0.2, 0.25) is 0 Å². The number of Topliss-reactive ketones (excluding diaryl/α,β-unsaturated/α-hetero) is 1. The zero-order chi connectivity index (χ0) is 21.7. The first-order valence-electron chi connectivity index (χ1n) is 9.78. The number of hydrogen-bond acceptors (Lipinski definition) is 3. The summed E-state index contributed by atoms with van der Waals surface area (Å²) in [6.45, 7) is 5.30. The summed E-state index contributed by atoms with van der Waals surface area (Å²) in [5.41, 5.74) is 3.50. The average Bonchev–Trinajstić information content (AvgIpc) is 2.73. The Morgan fingerprint density at radius 3 is 1.70 bits per heavy atom. The van der Waals surface area contributed by atoms with E-state index in [9.17, 15) is 14.4 Å². The molecule has 30 heavy (non-hydrogen) atoms. The van der Waals surface area contributed by atoms with Crippen molar-refractivity contribution < 1.29 is 14.4 Å². The molecule has 0 fully saturated rings. The van der Waals surface area contributed by atoms with Crippen molar-refractivity contribution in [1.82, 2.24) is 5.32 Å². The molecule has 2 N–H and O–H groups in total. The van der Waals surface area contributed by atoms with Crippen LogP contribution in [0.1, 0.15) is 51.8 Å². The molecule has 5 nitrogen and oxygen atoms in total. The van der Waals surface area contributed by atoms with Gasteiger partial charge >= 0.3 is 0 Å². The maximum absolute atomic E-state index is 13.0. The molecule has 5 heteroatoms. The standard InChI is InChI=1S/C25H24N2O3/c1-16(2)26-24(29)22-10-6-4-8-20(22)21-9-5-7-11-23(21)25(30)27-19-14-12-18(13-15-19)17(3)28/h4-16H,1-3H3,(H,26,29)(H,27,30). The second kappa shape index (κ2) is 9.18. The van der Waals surface area contributed by atoms with E-state index in [0.717, 1.165) is 0 Å². The minimum atomic E-state index is -0.291. The molecule has 0 unspecified atom stereocenters. The van der Waals surface area contributed by atoms with Crippen molar-refractivity contribution in [3.63, 3.8) is 0 Å². The van der Waals surface area contributed by atoms with Crippen LogP contribution >= 0.6 is 0 Å². The third kappa shape index (κ3) is 4.81. The van der Waals surface area contributed by atoms with Crippen LogP contribution in [-0.4, -0.2) is 23.6 Å². The lowest BCUT2D eigenvalue weighted by molar-refractivity contribution is 0.0941. The number of amides is 2. The molecule has 0 saturated carbocycles. The number of anilines is 1. The minimum Gasteiger partial charge on any atom is -0.350 e. The van der Waals surface area contributed by atoms with Crippen molar-refractivity contribution in [2.45, 2.75) is 26.8 Å². The van der Waals surface area contributed by atoms with Crippen LogP contribution in [0, 0.1) is 0 Å². The monoisotopic (exact) mass is 400 g/mol.